The second-order valence-corrected chi connectivity index (χ2v) is 6.39. The molecule has 1 N–H and O–H groups in total. The van der Waals surface area contributed by atoms with Crippen molar-refractivity contribution in [3.05, 3.63) is 71.5 Å². The summed E-state index contributed by atoms with van der Waals surface area (Å²) in [5.41, 5.74) is 0.611. The summed E-state index contributed by atoms with van der Waals surface area (Å²) in [7, 11) is 0. The van der Waals surface area contributed by atoms with Gasteiger partial charge in [-0.2, -0.15) is 0 Å². The molecule has 1 saturated heterocycles. The Bertz CT molecular complexity index is 705. The number of amides is 1. The molecule has 1 heterocycles. The zero-order chi connectivity index (χ0) is 17.7. The SMILES string of the molecule is O=C(CCOCc1ccccc1)N1CCC(O)(c2ccc(F)cc2)C1. The van der Waals surface area contributed by atoms with Crippen LogP contribution in [0, 0.1) is 5.82 Å². The minimum atomic E-state index is -1.10. The molecule has 4 nitrogen and oxygen atoms in total. The van der Waals surface area contributed by atoms with Crippen molar-refractivity contribution in [1.82, 2.24) is 4.90 Å². The molecule has 0 radical (unpaired) electrons. The molecule has 0 bridgehead atoms. The van der Waals surface area contributed by atoms with Crippen LogP contribution in [0.1, 0.15) is 24.0 Å². The summed E-state index contributed by atoms with van der Waals surface area (Å²) in [4.78, 5) is 14.0. The molecular formula is C20H22FNO3. The Balaban J connectivity index is 1.46. The summed E-state index contributed by atoms with van der Waals surface area (Å²) >= 11 is 0. The van der Waals surface area contributed by atoms with Gasteiger partial charge < -0.3 is 14.7 Å². The predicted molar refractivity (Wildman–Crippen MR) is 92.2 cm³/mol. The maximum absolute atomic E-state index is 13.0. The van der Waals surface area contributed by atoms with Crippen LogP contribution in [0.3, 0.4) is 0 Å². The van der Waals surface area contributed by atoms with Gasteiger partial charge in [0.25, 0.3) is 0 Å². The number of nitrogens with zero attached hydrogens (tertiary/aromatic N) is 1. The number of ether oxygens (including phenoxy) is 1. The number of rotatable bonds is 6. The van der Waals surface area contributed by atoms with Crippen molar-refractivity contribution in [2.24, 2.45) is 0 Å². The van der Waals surface area contributed by atoms with Gasteiger partial charge in [0.05, 0.1) is 26.2 Å². The molecule has 0 aromatic heterocycles. The minimum Gasteiger partial charge on any atom is -0.383 e. The van der Waals surface area contributed by atoms with Gasteiger partial charge >= 0.3 is 0 Å². The number of β-amino-alcohol motifs (C(OH)–C–C–N with tert-alkyl or cyclic N) is 1. The number of halogens is 1. The highest BCUT2D eigenvalue weighted by molar-refractivity contribution is 5.76. The third-order valence-corrected chi connectivity index (χ3v) is 4.55. The van der Waals surface area contributed by atoms with Gasteiger partial charge in [-0.3, -0.25) is 4.79 Å². The highest BCUT2D eigenvalue weighted by atomic mass is 19.1. The van der Waals surface area contributed by atoms with Crippen LogP contribution in [0.15, 0.2) is 54.6 Å². The van der Waals surface area contributed by atoms with Crippen molar-refractivity contribution in [3.63, 3.8) is 0 Å². The van der Waals surface area contributed by atoms with E-state index in [2.05, 4.69) is 0 Å². The molecule has 1 aliphatic rings. The van der Waals surface area contributed by atoms with Gasteiger partial charge in [0.2, 0.25) is 5.91 Å². The van der Waals surface area contributed by atoms with Crippen LogP contribution in [0.5, 0.6) is 0 Å². The Hall–Kier alpha value is -2.24. The highest BCUT2D eigenvalue weighted by Crippen LogP contribution is 2.32. The van der Waals surface area contributed by atoms with E-state index >= 15 is 0 Å². The average molecular weight is 343 g/mol. The molecule has 25 heavy (non-hydrogen) atoms. The molecule has 2 aromatic carbocycles. The van der Waals surface area contributed by atoms with Crippen LogP contribution >= 0.6 is 0 Å². The fourth-order valence-electron chi connectivity index (χ4n) is 3.08. The molecule has 0 aliphatic carbocycles. The third kappa shape index (κ3) is 4.44. The molecular weight excluding hydrogens is 321 g/mol. The number of carbonyl (C=O) groups is 1. The molecule has 5 heteroatoms. The second kappa shape index (κ2) is 7.76. The summed E-state index contributed by atoms with van der Waals surface area (Å²) in [5.74, 6) is -0.375. The smallest absolute Gasteiger partial charge is 0.225 e. The van der Waals surface area contributed by atoms with Gasteiger partial charge in [-0.1, -0.05) is 42.5 Å². The monoisotopic (exact) mass is 343 g/mol. The van der Waals surface area contributed by atoms with Crippen LogP contribution in [0.4, 0.5) is 4.39 Å². The van der Waals surface area contributed by atoms with Gasteiger partial charge in [-0.05, 0) is 29.7 Å². The van der Waals surface area contributed by atoms with Crippen molar-refractivity contribution in [2.45, 2.75) is 25.0 Å². The molecule has 1 amide bonds. The van der Waals surface area contributed by atoms with Crippen molar-refractivity contribution >= 4 is 5.91 Å². The van der Waals surface area contributed by atoms with E-state index in [1.54, 1.807) is 17.0 Å². The van der Waals surface area contributed by atoms with Crippen molar-refractivity contribution in [2.75, 3.05) is 19.7 Å². The van der Waals surface area contributed by atoms with Crippen LogP contribution in [0.2, 0.25) is 0 Å². The number of hydrogen-bond acceptors (Lipinski definition) is 3. The van der Waals surface area contributed by atoms with Crippen LogP contribution in [-0.2, 0) is 21.7 Å². The summed E-state index contributed by atoms with van der Waals surface area (Å²) in [6, 6.07) is 15.6. The fraction of sp³-hybridized carbons (Fsp3) is 0.350. The fourth-order valence-corrected chi connectivity index (χ4v) is 3.08. The van der Waals surface area contributed by atoms with E-state index in [4.69, 9.17) is 4.74 Å². The molecule has 0 spiro atoms. The normalized spacial score (nSPS) is 20.0. The van der Waals surface area contributed by atoms with Crippen molar-refractivity contribution < 1.29 is 19.0 Å². The molecule has 0 saturated carbocycles. The quantitative estimate of drug-likeness (QED) is 0.821. The summed E-state index contributed by atoms with van der Waals surface area (Å²) in [6.45, 7) is 1.55. The van der Waals surface area contributed by atoms with E-state index in [0.717, 1.165) is 5.56 Å². The first-order valence-electron chi connectivity index (χ1n) is 8.45. The van der Waals surface area contributed by atoms with E-state index in [9.17, 15) is 14.3 Å². The Morgan fingerprint density at radius 1 is 1.16 bits per heavy atom. The van der Waals surface area contributed by atoms with Gasteiger partial charge in [0.1, 0.15) is 11.4 Å². The van der Waals surface area contributed by atoms with Gasteiger partial charge in [0.15, 0.2) is 0 Å². The summed E-state index contributed by atoms with van der Waals surface area (Å²) < 4.78 is 18.6. The van der Waals surface area contributed by atoms with E-state index < -0.39 is 5.60 Å². The first-order chi connectivity index (χ1) is 12.1. The zero-order valence-electron chi connectivity index (χ0n) is 14.0. The van der Waals surface area contributed by atoms with Crippen molar-refractivity contribution in [3.8, 4) is 0 Å². The van der Waals surface area contributed by atoms with E-state index in [0.29, 0.717) is 31.7 Å². The van der Waals surface area contributed by atoms with Crippen LogP contribution in [-0.4, -0.2) is 35.6 Å². The molecule has 132 valence electrons. The van der Waals surface area contributed by atoms with Gasteiger partial charge in [0, 0.05) is 6.54 Å². The summed E-state index contributed by atoms with van der Waals surface area (Å²) in [6.07, 6.45) is 0.738. The lowest BCUT2D eigenvalue weighted by Gasteiger charge is -2.24. The maximum atomic E-state index is 13.0. The molecule has 2 aromatic rings. The Labute approximate surface area is 146 Å². The lowest BCUT2D eigenvalue weighted by molar-refractivity contribution is -0.132. The molecule has 1 fully saturated rings. The minimum absolute atomic E-state index is 0.0360. The number of likely N-dealkylation sites (tertiary alicyclic amines) is 1. The Morgan fingerprint density at radius 3 is 2.60 bits per heavy atom. The topological polar surface area (TPSA) is 49.8 Å². The Morgan fingerprint density at radius 2 is 1.88 bits per heavy atom. The first kappa shape index (κ1) is 17.6. The number of aliphatic hydroxyl groups is 1. The third-order valence-electron chi connectivity index (χ3n) is 4.55. The number of hydrogen-bond donors (Lipinski definition) is 1. The molecule has 3 rings (SSSR count). The van der Waals surface area contributed by atoms with Gasteiger partial charge in [-0.15, -0.1) is 0 Å². The molecule has 1 unspecified atom stereocenters. The highest BCUT2D eigenvalue weighted by Gasteiger charge is 2.39. The average Bonchev–Trinajstić information content (AvgIpc) is 3.03. The van der Waals surface area contributed by atoms with Crippen LogP contribution < -0.4 is 0 Å². The predicted octanol–water partition coefficient (Wildman–Crippen LogP) is 2.85. The van der Waals surface area contributed by atoms with Crippen LogP contribution in [0.25, 0.3) is 0 Å². The van der Waals surface area contributed by atoms with E-state index in [1.807, 2.05) is 30.3 Å². The molecule has 1 atom stereocenters. The maximum Gasteiger partial charge on any atom is 0.225 e. The van der Waals surface area contributed by atoms with Crippen molar-refractivity contribution in [1.29, 1.82) is 0 Å². The standard InChI is InChI=1S/C20H22FNO3/c21-18-8-6-17(7-9-18)20(24)11-12-22(15-20)19(23)10-13-25-14-16-4-2-1-3-5-16/h1-9,24H,10-15H2. The molecule has 1 aliphatic heterocycles. The lowest BCUT2D eigenvalue weighted by Crippen LogP contribution is -2.34. The number of carbonyl (C=O) groups excluding carboxylic acids is 1. The Kier molecular flexibility index (Phi) is 5.46. The number of benzene rings is 2. The largest absolute Gasteiger partial charge is 0.383 e. The van der Waals surface area contributed by atoms with Gasteiger partial charge in [-0.25, -0.2) is 4.39 Å². The van der Waals surface area contributed by atoms with E-state index in [-0.39, 0.29) is 24.7 Å². The van der Waals surface area contributed by atoms with E-state index in [1.165, 1.54) is 12.1 Å². The lowest BCUT2D eigenvalue weighted by atomic mass is 9.93. The summed E-state index contributed by atoms with van der Waals surface area (Å²) in [5, 5.41) is 10.7. The zero-order valence-corrected chi connectivity index (χ0v) is 14.0. The first-order valence-corrected chi connectivity index (χ1v) is 8.45. The second-order valence-electron chi connectivity index (χ2n) is 6.39.